The SMILES string of the molecule is CC1(C)NC(=O)N(Cc2ccc(C(N)=O)cc2N)C1=O. The van der Waals surface area contributed by atoms with E-state index >= 15 is 0 Å². The Balaban J connectivity index is 2.25. The molecule has 1 saturated heterocycles. The van der Waals surface area contributed by atoms with Crippen LogP contribution in [0.5, 0.6) is 0 Å². The molecule has 0 radical (unpaired) electrons. The fourth-order valence-electron chi connectivity index (χ4n) is 2.02. The van der Waals surface area contributed by atoms with Gasteiger partial charge < -0.3 is 16.8 Å². The fraction of sp³-hybridized carbons (Fsp3) is 0.308. The minimum absolute atomic E-state index is 0.0545. The Hall–Kier alpha value is -2.57. The molecule has 0 saturated carbocycles. The van der Waals surface area contributed by atoms with E-state index in [4.69, 9.17) is 11.5 Å². The maximum Gasteiger partial charge on any atom is 0.325 e. The zero-order valence-corrected chi connectivity index (χ0v) is 11.3. The second-order valence-corrected chi connectivity index (χ2v) is 5.22. The first-order chi connectivity index (χ1) is 9.22. The van der Waals surface area contributed by atoms with E-state index in [-0.39, 0.29) is 18.0 Å². The Bertz CT molecular complexity index is 610. The first-order valence-electron chi connectivity index (χ1n) is 6.04. The van der Waals surface area contributed by atoms with Crippen LogP contribution >= 0.6 is 0 Å². The Morgan fingerprint density at radius 1 is 1.35 bits per heavy atom. The van der Waals surface area contributed by atoms with Crippen LogP contribution < -0.4 is 16.8 Å². The molecule has 0 spiro atoms. The molecule has 1 heterocycles. The van der Waals surface area contributed by atoms with Crippen LogP contribution in [0.15, 0.2) is 18.2 Å². The predicted molar refractivity (Wildman–Crippen MR) is 72.5 cm³/mol. The Labute approximate surface area is 115 Å². The number of urea groups is 1. The maximum absolute atomic E-state index is 12.1. The number of nitrogens with two attached hydrogens (primary N) is 2. The smallest absolute Gasteiger partial charge is 0.325 e. The summed E-state index contributed by atoms with van der Waals surface area (Å²) in [5, 5.41) is 2.58. The van der Waals surface area contributed by atoms with Gasteiger partial charge in [0.15, 0.2) is 0 Å². The molecule has 4 amide bonds. The highest BCUT2D eigenvalue weighted by Crippen LogP contribution is 2.22. The molecule has 1 aliphatic heterocycles. The van der Waals surface area contributed by atoms with E-state index in [1.807, 2.05) is 0 Å². The van der Waals surface area contributed by atoms with Crippen LogP contribution in [-0.4, -0.2) is 28.3 Å². The molecular formula is C13H16N4O3. The van der Waals surface area contributed by atoms with Crippen molar-refractivity contribution in [1.82, 2.24) is 10.2 Å². The molecule has 0 bridgehead atoms. The highest BCUT2D eigenvalue weighted by Gasteiger charge is 2.44. The van der Waals surface area contributed by atoms with Crippen molar-refractivity contribution in [2.24, 2.45) is 5.73 Å². The van der Waals surface area contributed by atoms with Crippen molar-refractivity contribution < 1.29 is 14.4 Å². The predicted octanol–water partition coefficient (Wildman–Crippen LogP) is 0.198. The summed E-state index contributed by atoms with van der Waals surface area (Å²) in [5.74, 6) is -0.903. The van der Waals surface area contributed by atoms with Crippen molar-refractivity contribution in [2.75, 3.05) is 5.73 Å². The summed E-state index contributed by atoms with van der Waals surface area (Å²) >= 11 is 0. The van der Waals surface area contributed by atoms with Gasteiger partial charge in [-0.05, 0) is 31.5 Å². The van der Waals surface area contributed by atoms with Crippen LogP contribution in [0, 0.1) is 0 Å². The minimum atomic E-state index is -0.918. The molecule has 2 rings (SSSR count). The molecule has 5 N–H and O–H groups in total. The molecule has 106 valence electrons. The number of rotatable bonds is 3. The van der Waals surface area contributed by atoms with Crippen LogP contribution in [0.3, 0.4) is 0 Å². The lowest BCUT2D eigenvalue weighted by atomic mass is 10.1. The Kier molecular flexibility index (Phi) is 3.13. The zero-order chi connectivity index (χ0) is 15.1. The van der Waals surface area contributed by atoms with Crippen LogP contribution in [0.25, 0.3) is 0 Å². The lowest BCUT2D eigenvalue weighted by molar-refractivity contribution is -0.130. The van der Waals surface area contributed by atoms with Gasteiger partial charge >= 0.3 is 6.03 Å². The standard InChI is InChI=1S/C13H16N4O3/c1-13(2)11(19)17(12(20)16-13)6-8-4-3-7(10(15)18)5-9(8)14/h3-5H,6,14H2,1-2H3,(H2,15,18)(H,16,20). The van der Waals surface area contributed by atoms with E-state index in [2.05, 4.69) is 5.32 Å². The van der Waals surface area contributed by atoms with Crippen molar-refractivity contribution in [2.45, 2.75) is 25.9 Å². The van der Waals surface area contributed by atoms with Gasteiger partial charge in [-0.2, -0.15) is 0 Å². The number of imide groups is 1. The van der Waals surface area contributed by atoms with Gasteiger partial charge in [0.1, 0.15) is 5.54 Å². The second-order valence-electron chi connectivity index (χ2n) is 5.22. The first kappa shape index (κ1) is 13.9. The number of nitrogens with zero attached hydrogens (tertiary/aromatic N) is 1. The number of amides is 4. The topological polar surface area (TPSA) is 119 Å². The third-order valence-electron chi connectivity index (χ3n) is 3.20. The van der Waals surface area contributed by atoms with Crippen molar-refractivity contribution in [3.05, 3.63) is 29.3 Å². The summed E-state index contributed by atoms with van der Waals surface area (Å²) in [6, 6.07) is 4.07. The molecule has 1 aliphatic rings. The van der Waals surface area contributed by atoms with Gasteiger partial charge in [0.25, 0.3) is 5.91 Å². The summed E-state index contributed by atoms with van der Waals surface area (Å²) < 4.78 is 0. The summed E-state index contributed by atoms with van der Waals surface area (Å²) in [6.07, 6.45) is 0. The number of carbonyl (C=O) groups excluding carboxylic acids is 3. The van der Waals surface area contributed by atoms with Crippen molar-refractivity contribution in [3.8, 4) is 0 Å². The fourth-order valence-corrected chi connectivity index (χ4v) is 2.02. The first-order valence-corrected chi connectivity index (χ1v) is 6.04. The van der Waals surface area contributed by atoms with E-state index < -0.39 is 17.5 Å². The van der Waals surface area contributed by atoms with Crippen LogP contribution in [-0.2, 0) is 11.3 Å². The molecule has 20 heavy (non-hydrogen) atoms. The third kappa shape index (κ3) is 2.29. The number of primary amides is 1. The average Bonchev–Trinajstić information content (AvgIpc) is 2.53. The molecule has 1 aromatic rings. The van der Waals surface area contributed by atoms with E-state index in [1.54, 1.807) is 19.9 Å². The van der Waals surface area contributed by atoms with Crippen molar-refractivity contribution >= 4 is 23.5 Å². The monoisotopic (exact) mass is 276 g/mol. The molecule has 1 aromatic carbocycles. The van der Waals surface area contributed by atoms with Crippen molar-refractivity contribution in [1.29, 1.82) is 0 Å². The Morgan fingerprint density at radius 3 is 2.45 bits per heavy atom. The number of benzene rings is 1. The highest BCUT2D eigenvalue weighted by atomic mass is 16.2. The number of nitrogen functional groups attached to an aromatic ring is 1. The minimum Gasteiger partial charge on any atom is -0.398 e. The summed E-state index contributed by atoms with van der Waals surface area (Å²) in [4.78, 5) is 36.0. The summed E-state index contributed by atoms with van der Waals surface area (Å²) in [6.45, 7) is 3.32. The molecule has 0 unspecified atom stereocenters. The second kappa shape index (κ2) is 4.52. The van der Waals surface area contributed by atoms with Gasteiger partial charge in [-0.1, -0.05) is 6.07 Å². The number of nitrogens with one attached hydrogen (secondary N) is 1. The van der Waals surface area contributed by atoms with Crippen LogP contribution in [0.1, 0.15) is 29.8 Å². The lowest BCUT2D eigenvalue weighted by Crippen LogP contribution is -2.40. The normalized spacial score (nSPS) is 17.2. The van der Waals surface area contributed by atoms with Crippen LogP contribution in [0.4, 0.5) is 10.5 Å². The van der Waals surface area contributed by atoms with Gasteiger partial charge in [0, 0.05) is 11.3 Å². The van der Waals surface area contributed by atoms with E-state index in [0.717, 1.165) is 4.90 Å². The zero-order valence-electron chi connectivity index (χ0n) is 11.3. The van der Waals surface area contributed by atoms with Gasteiger partial charge in [0.2, 0.25) is 5.91 Å². The number of hydrogen-bond donors (Lipinski definition) is 3. The molecule has 7 heteroatoms. The van der Waals surface area contributed by atoms with E-state index in [9.17, 15) is 14.4 Å². The molecule has 0 aromatic heterocycles. The number of hydrogen-bond acceptors (Lipinski definition) is 4. The molecular weight excluding hydrogens is 260 g/mol. The summed E-state index contributed by atoms with van der Waals surface area (Å²) in [5.41, 5.74) is 11.2. The number of carbonyl (C=O) groups is 3. The largest absolute Gasteiger partial charge is 0.398 e. The van der Waals surface area contributed by atoms with Gasteiger partial charge in [0.05, 0.1) is 6.54 Å². The van der Waals surface area contributed by atoms with Gasteiger partial charge in [-0.25, -0.2) is 4.79 Å². The number of anilines is 1. The van der Waals surface area contributed by atoms with Gasteiger partial charge in [-0.3, -0.25) is 14.5 Å². The summed E-state index contributed by atoms with van der Waals surface area (Å²) in [7, 11) is 0. The van der Waals surface area contributed by atoms with Crippen LogP contribution in [0.2, 0.25) is 0 Å². The maximum atomic E-state index is 12.1. The Morgan fingerprint density at radius 2 is 2.00 bits per heavy atom. The molecule has 0 aliphatic carbocycles. The molecule has 0 atom stereocenters. The van der Waals surface area contributed by atoms with Crippen molar-refractivity contribution in [3.63, 3.8) is 0 Å². The quantitative estimate of drug-likeness (QED) is 0.539. The van der Waals surface area contributed by atoms with E-state index in [0.29, 0.717) is 11.3 Å². The highest BCUT2D eigenvalue weighted by molar-refractivity contribution is 6.06. The lowest BCUT2D eigenvalue weighted by Gasteiger charge is -2.17. The average molecular weight is 276 g/mol. The van der Waals surface area contributed by atoms with Gasteiger partial charge in [-0.15, -0.1) is 0 Å². The van der Waals surface area contributed by atoms with E-state index in [1.165, 1.54) is 12.1 Å². The molecule has 7 nitrogen and oxygen atoms in total. The third-order valence-corrected chi connectivity index (χ3v) is 3.20. The molecule has 1 fully saturated rings.